The highest BCUT2D eigenvalue weighted by Crippen LogP contribution is 2.44. The lowest BCUT2D eigenvalue weighted by Crippen LogP contribution is -2.49. The van der Waals surface area contributed by atoms with Crippen LogP contribution in [0.15, 0.2) is 54.6 Å². The molecule has 2 aromatic rings. The third kappa shape index (κ3) is 3.84. The number of hydrogen-bond donors (Lipinski definition) is 1. The summed E-state index contributed by atoms with van der Waals surface area (Å²) in [5.74, 6) is -0.322. The number of ether oxygens (including phenoxy) is 1. The van der Waals surface area contributed by atoms with Gasteiger partial charge in [0.15, 0.2) is 0 Å². The number of carbonyl (C=O) groups is 1. The third-order valence-corrected chi connectivity index (χ3v) is 4.93. The van der Waals surface area contributed by atoms with Crippen LogP contribution in [-0.4, -0.2) is 12.3 Å². The van der Waals surface area contributed by atoms with Crippen LogP contribution in [-0.2, 0) is 10.2 Å². The number of halogens is 3. The van der Waals surface area contributed by atoms with Crippen molar-refractivity contribution in [3.05, 3.63) is 65.7 Å². The van der Waals surface area contributed by atoms with E-state index in [0.29, 0.717) is 0 Å². The van der Waals surface area contributed by atoms with Crippen molar-refractivity contribution in [2.45, 2.75) is 44.0 Å². The van der Waals surface area contributed by atoms with Crippen LogP contribution in [0.25, 0.3) is 0 Å². The van der Waals surface area contributed by atoms with Crippen LogP contribution in [0.3, 0.4) is 0 Å². The first-order valence-electron chi connectivity index (χ1n) is 8.52. The summed E-state index contributed by atoms with van der Waals surface area (Å²) in [5, 5.41) is 3.00. The molecule has 0 spiro atoms. The first kappa shape index (κ1) is 18.3. The van der Waals surface area contributed by atoms with Gasteiger partial charge in [-0.25, -0.2) is 0 Å². The quantitative estimate of drug-likeness (QED) is 0.822. The average Bonchev–Trinajstić information content (AvgIpc) is 2.54. The molecule has 1 aliphatic carbocycles. The van der Waals surface area contributed by atoms with Crippen LogP contribution >= 0.6 is 0 Å². The van der Waals surface area contributed by atoms with Gasteiger partial charge in [0.1, 0.15) is 5.75 Å². The fourth-order valence-corrected chi connectivity index (χ4v) is 3.31. The highest BCUT2D eigenvalue weighted by atomic mass is 19.4. The number of amides is 1. The van der Waals surface area contributed by atoms with Gasteiger partial charge in [0.2, 0.25) is 5.91 Å². The van der Waals surface area contributed by atoms with Gasteiger partial charge in [0.05, 0.1) is 11.5 Å². The molecular formula is C20H20F3NO2. The van der Waals surface area contributed by atoms with Crippen molar-refractivity contribution in [1.29, 1.82) is 0 Å². The summed E-state index contributed by atoms with van der Waals surface area (Å²) < 4.78 is 40.6. The lowest BCUT2D eigenvalue weighted by molar-refractivity contribution is -0.274. The summed E-state index contributed by atoms with van der Waals surface area (Å²) in [6.45, 7) is 1.81. The Morgan fingerprint density at radius 1 is 1.08 bits per heavy atom. The summed E-state index contributed by atoms with van der Waals surface area (Å²) in [4.78, 5) is 12.9. The molecule has 3 nitrogen and oxygen atoms in total. The minimum absolute atomic E-state index is 0.0435. The van der Waals surface area contributed by atoms with Gasteiger partial charge < -0.3 is 10.1 Å². The van der Waals surface area contributed by atoms with Crippen molar-refractivity contribution < 1.29 is 22.7 Å². The summed E-state index contributed by atoms with van der Waals surface area (Å²) in [5.41, 5.74) is 1.22. The first-order valence-corrected chi connectivity index (χ1v) is 8.52. The van der Waals surface area contributed by atoms with Gasteiger partial charge in [-0.05, 0) is 43.0 Å². The summed E-state index contributed by atoms with van der Waals surface area (Å²) in [6.07, 6.45) is -2.12. The van der Waals surface area contributed by atoms with E-state index in [-0.39, 0.29) is 17.7 Å². The number of benzene rings is 2. The number of carbonyl (C=O) groups excluding carboxylic acids is 1. The van der Waals surface area contributed by atoms with Crippen LogP contribution < -0.4 is 10.1 Å². The Bertz CT molecular complexity index is 753. The van der Waals surface area contributed by atoms with Crippen molar-refractivity contribution in [1.82, 2.24) is 5.32 Å². The largest absolute Gasteiger partial charge is 0.573 e. The predicted molar refractivity (Wildman–Crippen MR) is 91.7 cm³/mol. The molecule has 0 radical (unpaired) electrons. The van der Waals surface area contributed by atoms with E-state index in [1.54, 1.807) is 0 Å². The zero-order chi connectivity index (χ0) is 18.8. The highest BCUT2D eigenvalue weighted by Gasteiger charge is 2.45. The Kier molecular flexibility index (Phi) is 4.94. The predicted octanol–water partition coefficient (Wildman–Crippen LogP) is 4.88. The molecule has 0 aliphatic heterocycles. The zero-order valence-electron chi connectivity index (χ0n) is 14.3. The molecule has 0 bridgehead atoms. The lowest BCUT2D eigenvalue weighted by Gasteiger charge is -2.41. The molecule has 1 aliphatic rings. The van der Waals surface area contributed by atoms with E-state index in [1.807, 2.05) is 37.3 Å². The first-order chi connectivity index (χ1) is 12.3. The summed E-state index contributed by atoms with van der Waals surface area (Å²) >= 11 is 0. The van der Waals surface area contributed by atoms with Crippen molar-refractivity contribution in [2.75, 3.05) is 0 Å². The second-order valence-electron chi connectivity index (χ2n) is 6.61. The Balaban J connectivity index is 1.69. The molecule has 0 saturated heterocycles. The van der Waals surface area contributed by atoms with Gasteiger partial charge >= 0.3 is 6.36 Å². The highest BCUT2D eigenvalue weighted by molar-refractivity contribution is 5.89. The molecule has 1 atom stereocenters. The zero-order valence-corrected chi connectivity index (χ0v) is 14.3. The average molecular weight is 363 g/mol. The van der Waals surface area contributed by atoms with Crippen LogP contribution in [0.5, 0.6) is 5.75 Å². The number of hydrogen-bond acceptors (Lipinski definition) is 2. The maximum Gasteiger partial charge on any atom is 0.573 e. The monoisotopic (exact) mass is 363 g/mol. The molecule has 1 saturated carbocycles. The molecule has 138 valence electrons. The van der Waals surface area contributed by atoms with E-state index in [0.717, 1.165) is 30.4 Å². The third-order valence-electron chi connectivity index (χ3n) is 4.93. The van der Waals surface area contributed by atoms with Crippen LogP contribution in [0.1, 0.15) is 43.4 Å². The van der Waals surface area contributed by atoms with Crippen molar-refractivity contribution in [3.8, 4) is 5.75 Å². The minimum atomic E-state index is -4.71. The van der Waals surface area contributed by atoms with Crippen LogP contribution in [0.2, 0.25) is 0 Å². The van der Waals surface area contributed by atoms with Crippen LogP contribution in [0, 0.1) is 0 Å². The Morgan fingerprint density at radius 2 is 1.69 bits per heavy atom. The maximum absolute atomic E-state index is 12.9. The number of nitrogens with one attached hydrogen (secondary N) is 1. The number of rotatable bonds is 5. The van der Waals surface area contributed by atoms with E-state index in [4.69, 9.17) is 0 Å². The van der Waals surface area contributed by atoms with Crippen molar-refractivity contribution in [3.63, 3.8) is 0 Å². The maximum atomic E-state index is 12.9. The van der Waals surface area contributed by atoms with Gasteiger partial charge in [-0.2, -0.15) is 0 Å². The van der Waals surface area contributed by atoms with Gasteiger partial charge in [-0.15, -0.1) is 13.2 Å². The van der Waals surface area contributed by atoms with Crippen LogP contribution in [0.4, 0.5) is 13.2 Å². The SMILES string of the molecule is CC(NC(=O)C1(c2ccccc2)CCC1)c1ccc(OC(F)(F)F)cc1. The number of alkyl halides is 3. The van der Waals surface area contributed by atoms with E-state index in [9.17, 15) is 18.0 Å². The lowest BCUT2D eigenvalue weighted by atomic mass is 9.63. The van der Waals surface area contributed by atoms with E-state index in [1.165, 1.54) is 24.3 Å². The normalized spacial score (nSPS) is 17.1. The smallest absolute Gasteiger partial charge is 0.406 e. The Morgan fingerprint density at radius 3 is 2.19 bits per heavy atom. The molecule has 1 unspecified atom stereocenters. The second-order valence-corrected chi connectivity index (χ2v) is 6.61. The standard InChI is InChI=1S/C20H20F3NO2/c1-14(15-8-10-17(11-9-15)26-20(21,22)23)24-18(25)19(12-5-13-19)16-6-3-2-4-7-16/h2-4,6-11,14H,5,12-13H2,1H3,(H,24,25). The molecule has 6 heteroatoms. The second kappa shape index (κ2) is 7.02. The summed E-state index contributed by atoms with van der Waals surface area (Å²) in [6, 6.07) is 14.9. The Labute approximate surface area is 150 Å². The fraction of sp³-hybridized carbons (Fsp3) is 0.350. The molecule has 0 aromatic heterocycles. The molecule has 2 aromatic carbocycles. The van der Waals surface area contributed by atoms with E-state index >= 15 is 0 Å². The molecule has 1 fully saturated rings. The molecule has 26 heavy (non-hydrogen) atoms. The van der Waals surface area contributed by atoms with E-state index in [2.05, 4.69) is 10.1 Å². The molecule has 1 N–H and O–H groups in total. The van der Waals surface area contributed by atoms with Crippen molar-refractivity contribution in [2.24, 2.45) is 0 Å². The Hall–Kier alpha value is -2.50. The van der Waals surface area contributed by atoms with E-state index < -0.39 is 11.8 Å². The molecular weight excluding hydrogens is 343 g/mol. The molecule has 0 heterocycles. The van der Waals surface area contributed by atoms with Gasteiger partial charge in [0.25, 0.3) is 0 Å². The van der Waals surface area contributed by atoms with Gasteiger partial charge in [0, 0.05) is 0 Å². The topological polar surface area (TPSA) is 38.3 Å². The summed E-state index contributed by atoms with van der Waals surface area (Å²) in [7, 11) is 0. The molecule has 1 amide bonds. The molecule has 3 rings (SSSR count). The van der Waals surface area contributed by atoms with Gasteiger partial charge in [-0.1, -0.05) is 48.9 Å². The fourth-order valence-electron chi connectivity index (χ4n) is 3.31. The minimum Gasteiger partial charge on any atom is -0.406 e. The van der Waals surface area contributed by atoms with Crippen molar-refractivity contribution >= 4 is 5.91 Å². The van der Waals surface area contributed by atoms with Gasteiger partial charge in [-0.3, -0.25) is 4.79 Å².